The maximum Gasteiger partial charge on any atom is 0.212 e. The van der Waals surface area contributed by atoms with Gasteiger partial charge in [0.2, 0.25) is 5.78 Å². The largest absolute Gasteiger partial charge is 0.306 e. The summed E-state index contributed by atoms with van der Waals surface area (Å²) in [5.41, 5.74) is 3.83. The molecule has 5 heteroatoms. The quantitative estimate of drug-likeness (QED) is 0.589. The third kappa shape index (κ3) is 2.09. The Morgan fingerprint density at radius 1 is 1.00 bits per heavy atom. The van der Waals surface area contributed by atoms with Gasteiger partial charge in [-0.15, -0.1) is 0 Å². The monoisotopic (exact) mass is 288 g/mol. The van der Waals surface area contributed by atoms with E-state index in [1.54, 1.807) is 24.5 Å². The molecule has 22 heavy (non-hydrogen) atoms. The summed E-state index contributed by atoms with van der Waals surface area (Å²) in [5, 5.41) is 6.74. The number of hydrogen-bond donors (Lipinski definition) is 1. The van der Waals surface area contributed by atoms with Crippen molar-refractivity contribution in [3.05, 3.63) is 78.5 Å². The fourth-order valence-corrected chi connectivity index (χ4v) is 2.42. The van der Waals surface area contributed by atoms with E-state index in [0.717, 1.165) is 16.8 Å². The van der Waals surface area contributed by atoms with Crippen LogP contribution < -0.4 is 0 Å². The molecule has 0 atom stereocenters. The predicted molar refractivity (Wildman–Crippen MR) is 82.6 cm³/mol. The van der Waals surface area contributed by atoms with Gasteiger partial charge in [0.05, 0.1) is 6.20 Å². The molecule has 106 valence electrons. The number of fused-ring (bicyclic) bond motifs is 1. The number of aromatic amines is 1. The summed E-state index contributed by atoms with van der Waals surface area (Å²) >= 11 is 0. The highest BCUT2D eigenvalue weighted by molar-refractivity contribution is 6.07. The number of imidazole rings is 1. The summed E-state index contributed by atoms with van der Waals surface area (Å²) in [6.07, 6.45) is 7.28. The number of H-pyrrole nitrogens is 1. The minimum Gasteiger partial charge on any atom is -0.306 e. The van der Waals surface area contributed by atoms with E-state index in [9.17, 15) is 4.79 Å². The number of pyridine rings is 1. The molecule has 4 aromatic rings. The van der Waals surface area contributed by atoms with Crippen LogP contribution in [0.3, 0.4) is 0 Å². The van der Waals surface area contributed by atoms with Crippen LogP contribution in [0.2, 0.25) is 0 Å². The Morgan fingerprint density at radius 3 is 2.64 bits per heavy atom. The van der Waals surface area contributed by atoms with Crippen LogP contribution in [-0.4, -0.2) is 25.4 Å². The van der Waals surface area contributed by atoms with Gasteiger partial charge in [0.1, 0.15) is 11.3 Å². The van der Waals surface area contributed by atoms with Crippen LogP contribution in [0.4, 0.5) is 0 Å². The zero-order valence-corrected chi connectivity index (χ0v) is 11.6. The number of nitrogens with one attached hydrogen (secondary N) is 1. The zero-order valence-electron chi connectivity index (χ0n) is 11.6. The van der Waals surface area contributed by atoms with Crippen LogP contribution in [0.25, 0.3) is 16.8 Å². The molecule has 0 bridgehead atoms. The normalized spacial score (nSPS) is 10.9. The van der Waals surface area contributed by atoms with Gasteiger partial charge in [0.25, 0.3) is 0 Å². The van der Waals surface area contributed by atoms with Gasteiger partial charge in [-0.1, -0.05) is 30.3 Å². The van der Waals surface area contributed by atoms with Gasteiger partial charge in [-0.05, 0) is 12.1 Å². The Morgan fingerprint density at radius 2 is 1.86 bits per heavy atom. The van der Waals surface area contributed by atoms with Crippen LogP contribution >= 0.6 is 0 Å². The average molecular weight is 288 g/mol. The number of ketones is 1. The smallest absolute Gasteiger partial charge is 0.212 e. The molecule has 0 spiro atoms. The van der Waals surface area contributed by atoms with Crippen molar-refractivity contribution < 1.29 is 4.79 Å². The molecule has 0 aliphatic rings. The van der Waals surface area contributed by atoms with E-state index in [1.807, 2.05) is 47.1 Å². The fourth-order valence-electron chi connectivity index (χ4n) is 2.42. The Hall–Kier alpha value is -3.21. The summed E-state index contributed by atoms with van der Waals surface area (Å²) in [5.74, 6) is -0.0749. The lowest BCUT2D eigenvalue weighted by atomic mass is 10.1. The van der Waals surface area contributed by atoms with Crippen LogP contribution in [-0.2, 0) is 0 Å². The van der Waals surface area contributed by atoms with Crippen molar-refractivity contribution >= 4 is 11.4 Å². The summed E-state index contributed by atoms with van der Waals surface area (Å²) < 4.78 is 1.86. The van der Waals surface area contributed by atoms with E-state index < -0.39 is 0 Å². The van der Waals surface area contributed by atoms with E-state index in [4.69, 9.17) is 0 Å². The highest BCUT2D eigenvalue weighted by Gasteiger charge is 2.13. The highest BCUT2D eigenvalue weighted by atomic mass is 16.1. The average Bonchev–Trinajstić information content (AvgIpc) is 3.23. The van der Waals surface area contributed by atoms with Crippen LogP contribution in [0, 0.1) is 0 Å². The van der Waals surface area contributed by atoms with Gasteiger partial charge in [-0.3, -0.25) is 9.89 Å². The van der Waals surface area contributed by atoms with Crippen LogP contribution in [0.5, 0.6) is 0 Å². The van der Waals surface area contributed by atoms with Crippen molar-refractivity contribution in [1.29, 1.82) is 0 Å². The molecule has 0 saturated heterocycles. The molecular formula is C17H12N4O. The van der Waals surface area contributed by atoms with E-state index >= 15 is 0 Å². The summed E-state index contributed by atoms with van der Waals surface area (Å²) in [4.78, 5) is 16.8. The predicted octanol–water partition coefficient (Wildman–Crippen LogP) is 2.96. The Bertz CT molecular complexity index is 939. The number of carbonyl (C=O) groups excluding carboxylic acids is 1. The first-order valence-electron chi connectivity index (χ1n) is 6.89. The Kier molecular flexibility index (Phi) is 2.83. The van der Waals surface area contributed by atoms with E-state index in [-0.39, 0.29) is 5.78 Å². The molecule has 5 nitrogen and oxygen atoms in total. The Balaban J connectivity index is 1.76. The summed E-state index contributed by atoms with van der Waals surface area (Å²) in [7, 11) is 0. The van der Waals surface area contributed by atoms with E-state index in [1.165, 1.54) is 0 Å². The van der Waals surface area contributed by atoms with Gasteiger partial charge < -0.3 is 4.40 Å². The number of carbonyl (C=O) groups is 1. The van der Waals surface area contributed by atoms with Gasteiger partial charge in [-0.2, -0.15) is 5.10 Å². The third-order valence-corrected chi connectivity index (χ3v) is 3.55. The van der Waals surface area contributed by atoms with Gasteiger partial charge >= 0.3 is 0 Å². The minimum atomic E-state index is -0.0749. The number of nitrogens with zero attached hydrogens (tertiary/aromatic N) is 3. The molecule has 0 aliphatic heterocycles. The molecule has 0 radical (unpaired) electrons. The summed E-state index contributed by atoms with van der Waals surface area (Å²) in [6.45, 7) is 0. The number of hydrogen-bond acceptors (Lipinski definition) is 3. The topological polar surface area (TPSA) is 63.1 Å². The van der Waals surface area contributed by atoms with E-state index in [2.05, 4.69) is 15.2 Å². The van der Waals surface area contributed by atoms with Crippen molar-refractivity contribution in [2.45, 2.75) is 0 Å². The molecule has 3 aromatic heterocycles. The lowest BCUT2D eigenvalue weighted by molar-refractivity contribution is 0.103. The fraction of sp³-hybridized carbons (Fsp3) is 0. The standard InChI is InChI=1S/C17H12N4O/c22-17(12-4-2-1-3-5-12)15-11-21-10-13(6-7-16(21)20-15)14-8-18-19-9-14/h1-11H,(H,18,19). The molecular weight excluding hydrogens is 276 g/mol. The zero-order chi connectivity index (χ0) is 14.9. The summed E-state index contributed by atoms with van der Waals surface area (Å²) in [6, 6.07) is 13.0. The van der Waals surface area contributed by atoms with E-state index in [0.29, 0.717) is 11.3 Å². The van der Waals surface area contributed by atoms with Gasteiger partial charge in [-0.25, -0.2) is 4.98 Å². The number of benzene rings is 1. The first kappa shape index (κ1) is 12.5. The van der Waals surface area contributed by atoms with Crippen molar-refractivity contribution in [3.63, 3.8) is 0 Å². The van der Waals surface area contributed by atoms with Crippen molar-refractivity contribution in [2.75, 3.05) is 0 Å². The second-order valence-corrected chi connectivity index (χ2v) is 4.99. The van der Waals surface area contributed by atoms with Gasteiger partial charge in [0, 0.05) is 35.3 Å². The SMILES string of the molecule is O=C(c1ccccc1)c1cn2cc(-c3cn[nH]c3)ccc2n1. The number of aromatic nitrogens is 4. The first-order valence-corrected chi connectivity index (χ1v) is 6.89. The molecule has 3 heterocycles. The molecule has 1 aromatic carbocycles. The van der Waals surface area contributed by atoms with Crippen LogP contribution in [0.15, 0.2) is 67.3 Å². The van der Waals surface area contributed by atoms with Crippen LogP contribution in [0.1, 0.15) is 16.1 Å². The Labute approximate surface area is 126 Å². The maximum atomic E-state index is 12.4. The van der Waals surface area contributed by atoms with Crippen molar-refractivity contribution in [3.8, 4) is 11.1 Å². The molecule has 0 unspecified atom stereocenters. The van der Waals surface area contributed by atoms with Crippen molar-refractivity contribution in [1.82, 2.24) is 19.6 Å². The molecule has 0 saturated carbocycles. The second kappa shape index (κ2) is 4.96. The molecule has 0 aliphatic carbocycles. The lowest BCUT2D eigenvalue weighted by Gasteiger charge is -1.98. The maximum absolute atomic E-state index is 12.4. The lowest BCUT2D eigenvalue weighted by Crippen LogP contribution is -2.00. The molecule has 0 amide bonds. The molecule has 0 fully saturated rings. The second-order valence-electron chi connectivity index (χ2n) is 4.99. The van der Waals surface area contributed by atoms with Crippen molar-refractivity contribution in [2.24, 2.45) is 0 Å². The molecule has 4 rings (SSSR count). The minimum absolute atomic E-state index is 0.0749. The molecule has 1 N–H and O–H groups in total. The van der Waals surface area contributed by atoms with Gasteiger partial charge in [0.15, 0.2) is 0 Å². The number of rotatable bonds is 3. The highest BCUT2D eigenvalue weighted by Crippen LogP contribution is 2.19. The first-order chi connectivity index (χ1) is 10.8. The third-order valence-electron chi connectivity index (χ3n) is 3.55.